The molecule has 8 heteroatoms. The molecule has 1 aliphatic heterocycles. The van der Waals surface area contributed by atoms with Gasteiger partial charge in [0.05, 0.1) is 12.3 Å². The molecule has 8 nitrogen and oxygen atoms in total. The molecular weight excluding hydrogens is 388 g/mol. The second-order valence-electron chi connectivity index (χ2n) is 7.20. The second-order valence-corrected chi connectivity index (χ2v) is 7.20. The fourth-order valence-electron chi connectivity index (χ4n) is 3.56. The average molecular weight is 410 g/mol. The van der Waals surface area contributed by atoms with Gasteiger partial charge in [-0.05, 0) is 29.1 Å². The van der Waals surface area contributed by atoms with Crippen molar-refractivity contribution in [2.75, 3.05) is 6.61 Å². The summed E-state index contributed by atoms with van der Waals surface area (Å²) in [7, 11) is 0. The van der Waals surface area contributed by atoms with Crippen molar-refractivity contribution in [2.24, 2.45) is 10.2 Å². The molecule has 0 bridgehead atoms. The monoisotopic (exact) mass is 410 g/mol. The highest BCUT2D eigenvalue weighted by molar-refractivity contribution is 5.95. The van der Waals surface area contributed by atoms with E-state index in [0.717, 1.165) is 10.8 Å². The van der Waals surface area contributed by atoms with E-state index in [9.17, 15) is 25.5 Å². The molecule has 0 spiro atoms. The fourth-order valence-corrected chi connectivity index (χ4v) is 3.56. The van der Waals surface area contributed by atoms with Crippen LogP contribution >= 0.6 is 0 Å². The van der Waals surface area contributed by atoms with Crippen LogP contribution in [0, 0.1) is 0 Å². The minimum atomic E-state index is -1.44. The molecule has 0 saturated carbocycles. The van der Waals surface area contributed by atoms with Crippen LogP contribution in [0.25, 0.3) is 10.8 Å². The quantitative estimate of drug-likeness (QED) is 0.419. The molecule has 1 heterocycles. The summed E-state index contributed by atoms with van der Waals surface area (Å²) in [5, 5.41) is 59.7. The molecule has 156 valence electrons. The van der Waals surface area contributed by atoms with Crippen LogP contribution in [0.15, 0.2) is 70.9 Å². The molecule has 4 rings (SSSR count). The van der Waals surface area contributed by atoms with Crippen molar-refractivity contribution < 1.29 is 30.3 Å². The lowest BCUT2D eigenvalue weighted by Crippen LogP contribution is -2.55. The van der Waals surface area contributed by atoms with E-state index >= 15 is 0 Å². The number of nitrogens with zero attached hydrogens (tertiary/aromatic N) is 2. The Labute approximate surface area is 172 Å². The minimum Gasteiger partial charge on any atom is -0.506 e. The molecule has 0 unspecified atom stereocenters. The maximum absolute atomic E-state index is 10.2. The normalized spacial score (nSPS) is 27.0. The maximum atomic E-state index is 10.2. The van der Waals surface area contributed by atoms with E-state index in [0.29, 0.717) is 16.9 Å². The number of aromatic hydroxyl groups is 1. The number of azo groups is 1. The summed E-state index contributed by atoms with van der Waals surface area (Å²) in [6.45, 7) is -0.484. The van der Waals surface area contributed by atoms with Gasteiger partial charge in [-0.15, -0.1) is 5.11 Å². The Balaban J connectivity index is 1.57. The number of rotatable bonds is 4. The molecule has 0 aliphatic carbocycles. The van der Waals surface area contributed by atoms with Crippen LogP contribution in [0.5, 0.6) is 5.75 Å². The number of aliphatic hydroxyl groups excluding tert-OH is 4. The molecule has 5 atom stereocenters. The van der Waals surface area contributed by atoms with Crippen molar-refractivity contribution in [3.63, 3.8) is 0 Å². The average Bonchev–Trinajstić information content (AvgIpc) is 2.77. The first-order valence-electron chi connectivity index (χ1n) is 9.52. The summed E-state index contributed by atoms with van der Waals surface area (Å²) in [5.74, 6) is 0.0235. The number of fused-ring (bicyclic) bond motifs is 1. The summed E-state index contributed by atoms with van der Waals surface area (Å²) in [4.78, 5) is 0. The van der Waals surface area contributed by atoms with Crippen LogP contribution in [-0.4, -0.2) is 56.6 Å². The van der Waals surface area contributed by atoms with Crippen LogP contribution in [-0.2, 0) is 4.74 Å². The second kappa shape index (κ2) is 8.47. The topological polar surface area (TPSA) is 135 Å². The summed E-state index contributed by atoms with van der Waals surface area (Å²) in [5.41, 5.74) is 1.43. The summed E-state index contributed by atoms with van der Waals surface area (Å²) in [6, 6.07) is 17.5. The van der Waals surface area contributed by atoms with Crippen molar-refractivity contribution in [1.29, 1.82) is 0 Å². The van der Waals surface area contributed by atoms with E-state index in [4.69, 9.17) is 4.74 Å². The van der Waals surface area contributed by atoms with Gasteiger partial charge in [0.15, 0.2) is 0 Å². The minimum absolute atomic E-state index is 0.0235. The SMILES string of the molecule is OC[C@H]1O[C@@H](c2ccc(N=Nc3c(O)ccc4ccccc34)cc2)[C@H](O)[C@@H](O)[C@H]1O. The zero-order chi connectivity index (χ0) is 21.3. The molecule has 1 fully saturated rings. The summed E-state index contributed by atoms with van der Waals surface area (Å²) in [6.07, 6.45) is -6.06. The number of ether oxygens (including phenoxy) is 1. The molecule has 5 N–H and O–H groups in total. The van der Waals surface area contributed by atoms with Crippen LogP contribution in [0.3, 0.4) is 0 Å². The summed E-state index contributed by atoms with van der Waals surface area (Å²) >= 11 is 0. The van der Waals surface area contributed by atoms with Gasteiger partial charge in [-0.25, -0.2) is 0 Å². The lowest BCUT2D eigenvalue weighted by molar-refractivity contribution is -0.231. The molecule has 0 amide bonds. The molecule has 3 aromatic carbocycles. The predicted octanol–water partition coefficient (Wildman–Crippen LogP) is 2.48. The molecule has 3 aromatic rings. The first-order valence-corrected chi connectivity index (χ1v) is 9.52. The lowest BCUT2D eigenvalue weighted by Gasteiger charge is -2.40. The highest BCUT2D eigenvalue weighted by Crippen LogP contribution is 2.37. The first-order chi connectivity index (χ1) is 14.5. The first kappa shape index (κ1) is 20.4. The fraction of sp³-hybridized carbons (Fsp3) is 0.273. The number of phenolic OH excluding ortho intramolecular Hbond substituents is 1. The van der Waals surface area contributed by atoms with Crippen LogP contribution in [0.4, 0.5) is 11.4 Å². The lowest BCUT2D eigenvalue weighted by atomic mass is 9.91. The number of benzene rings is 3. The van der Waals surface area contributed by atoms with Crippen LogP contribution < -0.4 is 0 Å². The zero-order valence-corrected chi connectivity index (χ0v) is 15.9. The number of phenols is 1. The molecule has 0 radical (unpaired) electrons. The molecule has 1 saturated heterocycles. The third kappa shape index (κ3) is 3.79. The number of aliphatic hydroxyl groups is 4. The van der Waals surface area contributed by atoms with E-state index in [-0.39, 0.29) is 5.75 Å². The van der Waals surface area contributed by atoms with E-state index in [1.54, 1.807) is 36.4 Å². The van der Waals surface area contributed by atoms with Crippen LogP contribution in [0.1, 0.15) is 11.7 Å². The maximum Gasteiger partial charge on any atom is 0.143 e. The van der Waals surface area contributed by atoms with Gasteiger partial charge in [-0.2, -0.15) is 5.11 Å². The van der Waals surface area contributed by atoms with Gasteiger partial charge in [0.1, 0.15) is 42.0 Å². The van der Waals surface area contributed by atoms with Gasteiger partial charge in [-0.1, -0.05) is 42.5 Å². The van der Waals surface area contributed by atoms with E-state index in [1.807, 2.05) is 24.3 Å². The Hall–Kier alpha value is -2.88. The third-order valence-electron chi connectivity index (χ3n) is 5.26. The van der Waals surface area contributed by atoms with Gasteiger partial charge >= 0.3 is 0 Å². The standard InChI is InChI=1S/C22H22N2O6/c25-11-17-19(27)20(28)21(29)22(30-17)13-5-8-14(9-6-13)23-24-18-15-4-2-1-3-12(15)7-10-16(18)26/h1-10,17,19-22,25-29H,11H2/t17-,19+,20+,21-,22+/m1/s1. The smallest absolute Gasteiger partial charge is 0.143 e. The molecular formula is C22H22N2O6. The van der Waals surface area contributed by atoms with Gasteiger partial charge in [-0.3, -0.25) is 0 Å². The van der Waals surface area contributed by atoms with E-state index in [1.165, 1.54) is 0 Å². The Morgan fingerprint density at radius 2 is 1.53 bits per heavy atom. The Morgan fingerprint density at radius 1 is 0.800 bits per heavy atom. The Kier molecular flexibility index (Phi) is 5.76. The van der Waals surface area contributed by atoms with Crippen molar-refractivity contribution in [2.45, 2.75) is 30.5 Å². The molecule has 30 heavy (non-hydrogen) atoms. The van der Waals surface area contributed by atoms with Gasteiger partial charge in [0, 0.05) is 5.39 Å². The Bertz CT molecular complexity index is 1050. The highest BCUT2D eigenvalue weighted by atomic mass is 16.5. The van der Waals surface area contributed by atoms with Crippen molar-refractivity contribution >= 4 is 22.1 Å². The molecule has 1 aliphatic rings. The van der Waals surface area contributed by atoms with E-state index < -0.39 is 37.1 Å². The van der Waals surface area contributed by atoms with E-state index in [2.05, 4.69) is 10.2 Å². The Morgan fingerprint density at radius 3 is 2.27 bits per heavy atom. The highest BCUT2D eigenvalue weighted by Gasteiger charge is 2.43. The number of hydrogen-bond donors (Lipinski definition) is 5. The van der Waals surface area contributed by atoms with Crippen molar-refractivity contribution in [3.8, 4) is 5.75 Å². The summed E-state index contributed by atoms with van der Waals surface area (Å²) < 4.78 is 5.55. The van der Waals surface area contributed by atoms with Crippen LogP contribution in [0.2, 0.25) is 0 Å². The van der Waals surface area contributed by atoms with Gasteiger partial charge in [0.25, 0.3) is 0 Å². The van der Waals surface area contributed by atoms with Gasteiger partial charge in [0.2, 0.25) is 0 Å². The number of hydrogen-bond acceptors (Lipinski definition) is 8. The predicted molar refractivity (Wildman–Crippen MR) is 109 cm³/mol. The molecule has 0 aromatic heterocycles. The van der Waals surface area contributed by atoms with Gasteiger partial charge < -0.3 is 30.3 Å². The third-order valence-corrected chi connectivity index (χ3v) is 5.26. The van der Waals surface area contributed by atoms with Crippen molar-refractivity contribution in [1.82, 2.24) is 0 Å². The van der Waals surface area contributed by atoms with Crippen molar-refractivity contribution in [3.05, 3.63) is 66.2 Å². The zero-order valence-electron chi connectivity index (χ0n) is 15.9. The largest absolute Gasteiger partial charge is 0.506 e.